The van der Waals surface area contributed by atoms with E-state index in [-0.39, 0.29) is 11.9 Å². The maximum atomic E-state index is 11.9. The average molecular weight is 309 g/mol. The number of hydrogen-bond donors (Lipinski definition) is 1. The third kappa shape index (κ3) is 3.77. The molecule has 1 aromatic carbocycles. The second-order valence-corrected chi connectivity index (χ2v) is 6.12. The van der Waals surface area contributed by atoms with Crippen molar-refractivity contribution in [2.24, 2.45) is 0 Å². The van der Waals surface area contributed by atoms with Crippen LogP contribution in [0.4, 0.5) is 5.69 Å². The number of hydrogen-bond acceptors (Lipinski definition) is 3. The van der Waals surface area contributed by atoms with Gasteiger partial charge in [-0.25, -0.2) is 0 Å². The molecule has 1 aromatic heterocycles. The van der Waals surface area contributed by atoms with E-state index in [4.69, 9.17) is 0 Å². The number of anilines is 1. The van der Waals surface area contributed by atoms with Crippen molar-refractivity contribution in [2.45, 2.75) is 39.3 Å². The van der Waals surface area contributed by atoms with Crippen LogP contribution in [0.15, 0.2) is 42.5 Å². The Hall–Kier alpha value is -2.20. The van der Waals surface area contributed by atoms with Crippen molar-refractivity contribution in [1.82, 2.24) is 10.3 Å². The van der Waals surface area contributed by atoms with Gasteiger partial charge < -0.3 is 10.2 Å². The molecular formula is C19H23N3O. The van der Waals surface area contributed by atoms with Crippen LogP contribution in [0.25, 0.3) is 0 Å². The number of amides is 1. The minimum absolute atomic E-state index is 0.204. The van der Waals surface area contributed by atoms with Crippen LogP contribution in [0.5, 0.6) is 0 Å². The predicted molar refractivity (Wildman–Crippen MR) is 92.3 cm³/mol. The van der Waals surface area contributed by atoms with E-state index >= 15 is 0 Å². The molecule has 0 bridgehead atoms. The number of aryl methyl sites for hydroxylation is 1. The summed E-state index contributed by atoms with van der Waals surface area (Å²) in [5, 5.41) is 3.51. The highest BCUT2D eigenvalue weighted by molar-refractivity contribution is 5.95. The Bertz CT molecular complexity index is 699. The van der Waals surface area contributed by atoms with Gasteiger partial charge in [-0.3, -0.25) is 9.78 Å². The number of rotatable bonds is 5. The van der Waals surface area contributed by atoms with Crippen molar-refractivity contribution in [2.75, 3.05) is 11.4 Å². The molecule has 4 heteroatoms. The highest BCUT2D eigenvalue weighted by atomic mass is 16.2. The van der Waals surface area contributed by atoms with E-state index in [9.17, 15) is 4.79 Å². The molecule has 0 spiro atoms. The topological polar surface area (TPSA) is 45.2 Å². The Morgan fingerprint density at radius 1 is 1.26 bits per heavy atom. The molecule has 120 valence electrons. The highest BCUT2D eigenvalue weighted by Crippen LogP contribution is 2.24. The van der Waals surface area contributed by atoms with E-state index in [1.165, 1.54) is 5.56 Å². The Kier molecular flexibility index (Phi) is 4.72. The number of nitrogens with one attached hydrogen (secondary N) is 1. The van der Waals surface area contributed by atoms with Crippen LogP contribution in [0.2, 0.25) is 0 Å². The molecule has 1 fully saturated rings. The molecule has 1 aliphatic heterocycles. The first kappa shape index (κ1) is 15.7. The molecule has 23 heavy (non-hydrogen) atoms. The zero-order chi connectivity index (χ0) is 16.2. The van der Waals surface area contributed by atoms with Crippen LogP contribution in [0.1, 0.15) is 42.8 Å². The summed E-state index contributed by atoms with van der Waals surface area (Å²) in [5.74, 6) is 0.228. The average Bonchev–Trinajstić information content (AvgIpc) is 2.99. The first-order chi connectivity index (χ1) is 11.1. The first-order valence-electron chi connectivity index (χ1n) is 8.20. The van der Waals surface area contributed by atoms with E-state index < -0.39 is 0 Å². The second-order valence-electron chi connectivity index (χ2n) is 6.12. The number of carbonyl (C=O) groups is 1. The predicted octanol–water partition coefficient (Wildman–Crippen LogP) is 3.37. The van der Waals surface area contributed by atoms with Crippen LogP contribution in [-0.4, -0.2) is 17.4 Å². The third-order valence-electron chi connectivity index (χ3n) is 4.29. The zero-order valence-electron chi connectivity index (χ0n) is 13.7. The van der Waals surface area contributed by atoms with Crippen molar-refractivity contribution >= 4 is 11.6 Å². The lowest BCUT2D eigenvalue weighted by Gasteiger charge is -2.19. The first-order valence-corrected chi connectivity index (χ1v) is 8.20. The molecule has 1 saturated heterocycles. The Balaban J connectivity index is 1.67. The van der Waals surface area contributed by atoms with Gasteiger partial charge in [0.1, 0.15) is 0 Å². The summed E-state index contributed by atoms with van der Waals surface area (Å²) in [5.41, 5.74) is 4.27. The molecule has 4 nitrogen and oxygen atoms in total. The van der Waals surface area contributed by atoms with Crippen LogP contribution in [-0.2, 0) is 11.3 Å². The van der Waals surface area contributed by atoms with Gasteiger partial charge in [0.2, 0.25) is 5.91 Å². The van der Waals surface area contributed by atoms with Gasteiger partial charge in [-0.1, -0.05) is 18.2 Å². The fourth-order valence-electron chi connectivity index (χ4n) is 2.96. The Morgan fingerprint density at radius 2 is 2.09 bits per heavy atom. The molecule has 3 rings (SSSR count). The molecule has 1 unspecified atom stereocenters. The van der Waals surface area contributed by atoms with Gasteiger partial charge in [0.25, 0.3) is 0 Å². The van der Waals surface area contributed by atoms with Crippen LogP contribution in [0, 0.1) is 6.92 Å². The van der Waals surface area contributed by atoms with Crippen LogP contribution >= 0.6 is 0 Å². The standard InChI is InChI=1S/C19H23N3O/c1-14-6-3-8-17(21-14)13-20-15(2)16-7-4-9-18(12-16)22-11-5-10-19(22)23/h3-4,6-9,12,15,20H,5,10-11,13H2,1-2H3. The van der Waals surface area contributed by atoms with E-state index in [0.717, 1.165) is 36.6 Å². The normalized spacial score (nSPS) is 15.9. The summed E-state index contributed by atoms with van der Waals surface area (Å²) in [7, 11) is 0. The molecular weight excluding hydrogens is 286 g/mol. The smallest absolute Gasteiger partial charge is 0.227 e. The zero-order valence-corrected chi connectivity index (χ0v) is 13.7. The summed E-state index contributed by atoms with van der Waals surface area (Å²) >= 11 is 0. The molecule has 2 heterocycles. The van der Waals surface area contributed by atoms with Gasteiger partial charge in [-0.2, -0.15) is 0 Å². The van der Waals surface area contributed by atoms with Gasteiger partial charge >= 0.3 is 0 Å². The number of nitrogens with zero attached hydrogens (tertiary/aromatic N) is 2. The summed E-state index contributed by atoms with van der Waals surface area (Å²) in [6, 6.07) is 14.5. The molecule has 0 aliphatic carbocycles. The quantitative estimate of drug-likeness (QED) is 0.921. The van der Waals surface area contributed by atoms with Gasteiger partial charge in [0, 0.05) is 36.9 Å². The highest BCUT2D eigenvalue weighted by Gasteiger charge is 2.22. The fourth-order valence-corrected chi connectivity index (χ4v) is 2.96. The molecule has 0 saturated carbocycles. The fraction of sp³-hybridized carbons (Fsp3) is 0.368. The number of benzene rings is 1. The monoisotopic (exact) mass is 309 g/mol. The van der Waals surface area contributed by atoms with Crippen molar-refractivity contribution in [3.8, 4) is 0 Å². The van der Waals surface area contributed by atoms with Gasteiger partial charge in [-0.15, -0.1) is 0 Å². The minimum atomic E-state index is 0.204. The minimum Gasteiger partial charge on any atom is -0.312 e. The molecule has 1 aliphatic rings. The molecule has 2 aromatic rings. The van der Waals surface area contributed by atoms with Crippen molar-refractivity contribution in [1.29, 1.82) is 0 Å². The van der Waals surface area contributed by atoms with Crippen molar-refractivity contribution in [3.63, 3.8) is 0 Å². The van der Waals surface area contributed by atoms with Gasteiger partial charge in [0.05, 0.1) is 5.69 Å². The van der Waals surface area contributed by atoms with E-state index in [1.807, 2.05) is 42.2 Å². The van der Waals surface area contributed by atoms with E-state index in [0.29, 0.717) is 6.42 Å². The molecule has 1 atom stereocenters. The summed E-state index contributed by atoms with van der Waals surface area (Å²) in [4.78, 5) is 18.3. The number of carbonyl (C=O) groups excluding carboxylic acids is 1. The van der Waals surface area contributed by atoms with Gasteiger partial charge in [-0.05, 0) is 50.1 Å². The third-order valence-corrected chi connectivity index (χ3v) is 4.29. The van der Waals surface area contributed by atoms with Crippen molar-refractivity contribution < 1.29 is 4.79 Å². The Morgan fingerprint density at radius 3 is 2.83 bits per heavy atom. The summed E-state index contributed by atoms with van der Waals surface area (Å²) in [6.07, 6.45) is 1.62. The largest absolute Gasteiger partial charge is 0.312 e. The summed E-state index contributed by atoms with van der Waals surface area (Å²) < 4.78 is 0. The van der Waals surface area contributed by atoms with Crippen LogP contribution < -0.4 is 10.2 Å². The lowest BCUT2D eigenvalue weighted by Crippen LogP contribution is -2.24. The molecule has 1 amide bonds. The number of aromatic nitrogens is 1. The number of pyridine rings is 1. The maximum Gasteiger partial charge on any atom is 0.227 e. The molecule has 1 N–H and O–H groups in total. The lowest BCUT2D eigenvalue weighted by molar-refractivity contribution is -0.117. The lowest BCUT2D eigenvalue weighted by atomic mass is 10.1. The molecule has 0 radical (unpaired) electrons. The maximum absolute atomic E-state index is 11.9. The Labute approximate surface area is 137 Å². The second kappa shape index (κ2) is 6.92. The van der Waals surface area contributed by atoms with Crippen molar-refractivity contribution in [3.05, 3.63) is 59.4 Å². The van der Waals surface area contributed by atoms with E-state index in [1.54, 1.807) is 0 Å². The SMILES string of the molecule is Cc1cccc(CNC(C)c2cccc(N3CCCC3=O)c2)n1. The summed E-state index contributed by atoms with van der Waals surface area (Å²) in [6.45, 7) is 5.71. The van der Waals surface area contributed by atoms with Gasteiger partial charge in [0.15, 0.2) is 0 Å². The van der Waals surface area contributed by atoms with E-state index in [2.05, 4.69) is 29.4 Å². The van der Waals surface area contributed by atoms with Crippen LogP contribution in [0.3, 0.4) is 0 Å².